The van der Waals surface area contributed by atoms with Crippen LogP contribution in [0.25, 0.3) is 11.0 Å². The van der Waals surface area contributed by atoms with E-state index in [-0.39, 0.29) is 11.8 Å². The van der Waals surface area contributed by atoms with Crippen molar-refractivity contribution in [3.05, 3.63) is 90.0 Å². The molecule has 4 rings (SSSR count). The largest absolute Gasteiger partial charge is 0.497 e. The molecule has 4 aromatic rings. The van der Waals surface area contributed by atoms with Gasteiger partial charge in [0.05, 0.1) is 18.7 Å². The number of nitrogens with zero attached hydrogens (tertiary/aromatic N) is 3. The summed E-state index contributed by atoms with van der Waals surface area (Å²) in [4.78, 5) is 12.9. The monoisotopic (exact) mass is 357 g/mol. The molecule has 0 unspecified atom stereocenters. The van der Waals surface area contributed by atoms with Gasteiger partial charge in [-0.1, -0.05) is 59.8 Å². The summed E-state index contributed by atoms with van der Waals surface area (Å²) < 4.78 is 7.09. The lowest BCUT2D eigenvalue weighted by atomic mass is 9.97. The quantitative estimate of drug-likeness (QED) is 0.483. The number of ketones is 1. The highest BCUT2D eigenvalue weighted by Gasteiger charge is 2.22. The Kier molecular flexibility index (Phi) is 4.66. The van der Waals surface area contributed by atoms with Crippen LogP contribution in [-0.2, 0) is 0 Å². The second-order valence-electron chi connectivity index (χ2n) is 6.31. The molecule has 3 aromatic carbocycles. The molecule has 0 amide bonds. The van der Waals surface area contributed by atoms with Crippen LogP contribution in [0, 0.1) is 0 Å². The number of carbonyl (C=O) groups excluding carboxylic acids is 1. The number of carbonyl (C=O) groups is 1. The van der Waals surface area contributed by atoms with Crippen molar-refractivity contribution in [3.63, 3.8) is 0 Å². The average molecular weight is 357 g/mol. The van der Waals surface area contributed by atoms with Crippen molar-refractivity contribution in [2.75, 3.05) is 7.11 Å². The normalized spacial score (nSPS) is 12.0. The summed E-state index contributed by atoms with van der Waals surface area (Å²) in [6, 6.07) is 24.6. The molecule has 0 N–H and O–H groups in total. The molecule has 0 fully saturated rings. The van der Waals surface area contributed by atoms with E-state index in [9.17, 15) is 4.79 Å². The molecule has 0 aliphatic carbocycles. The fraction of sp³-hybridized carbons (Fsp3) is 0.136. The zero-order valence-corrected chi connectivity index (χ0v) is 14.9. The molecule has 134 valence electrons. The highest BCUT2D eigenvalue weighted by molar-refractivity contribution is 5.96. The summed E-state index contributed by atoms with van der Waals surface area (Å²) in [6.07, 6.45) is 0.295. The maximum atomic E-state index is 12.9. The van der Waals surface area contributed by atoms with Gasteiger partial charge < -0.3 is 4.74 Å². The number of rotatable bonds is 6. The van der Waals surface area contributed by atoms with Crippen molar-refractivity contribution in [2.45, 2.75) is 12.5 Å². The van der Waals surface area contributed by atoms with Crippen LogP contribution in [-0.4, -0.2) is 27.9 Å². The van der Waals surface area contributed by atoms with E-state index in [0.29, 0.717) is 12.0 Å². The van der Waals surface area contributed by atoms with Gasteiger partial charge in [-0.25, -0.2) is 4.68 Å². The Morgan fingerprint density at radius 2 is 1.67 bits per heavy atom. The summed E-state index contributed by atoms with van der Waals surface area (Å²) in [5, 5.41) is 8.60. The number of hydrogen-bond acceptors (Lipinski definition) is 4. The third kappa shape index (κ3) is 3.44. The van der Waals surface area contributed by atoms with E-state index in [1.165, 1.54) is 0 Å². The second kappa shape index (κ2) is 7.41. The molecular formula is C22H19N3O2. The standard InChI is InChI=1S/C22H19N3O2/c1-27-18-13-11-16(12-14-18)21(15-22(26)17-7-3-2-4-8-17)25-20-10-6-5-9-19(20)23-24-25/h2-14,21H,15H2,1H3/t21-/m1/s1. The Morgan fingerprint density at radius 1 is 0.963 bits per heavy atom. The molecule has 0 spiro atoms. The first-order valence-corrected chi connectivity index (χ1v) is 8.78. The van der Waals surface area contributed by atoms with Crippen LogP contribution in [0.15, 0.2) is 78.9 Å². The number of hydrogen-bond donors (Lipinski definition) is 0. The SMILES string of the molecule is COc1ccc([C@@H](CC(=O)c2ccccc2)n2nnc3ccccc32)cc1. The summed E-state index contributed by atoms with van der Waals surface area (Å²) in [7, 11) is 1.64. The Balaban J connectivity index is 1.76. The van der Waals surface area contributed by atoms with Crippen LogP contribution >= 0.6 is 0 Å². The van der Waals surface area contributed by atoms with E-state index in [1.807, 2.05) is 83.5 Å². The van der Waals surface area contributed by atoms with Crippen molar-refractivity contribution >= 4 is 16.8 Å². The van der Waals surface area contributed by atoms with Crippen LogP contribution in [0.2, 0.25) is 0 Å². The van der Waals surface area contributed by atoms with E-state index in [1.54, 1.807) is 7.11 Å². The maximum absolute atomic E-state index is 12.9. The maximum Gasteiger partial charge on any atom is 0.165 e. The van der Waals surface area contributed by atoms with Crippen LogP contribution < -0.4 is 4.74 Å². The van der Waals surface area contributed by atoms with Crippen LogP contribution in [0.1, 0.15) is 28.4 Å². The molecule has 1 heterocycles. The van der Waals surface area contributed by atoms with Crippen molar-refractivity contribution in [2.24, 2.45) is 0 Å². The van der Waals surface area contributed by atoms with Crippen LogP contribution in [0.4, 0.5) is 0 Å². The van der Waals surface area contributed by atoms with Gasteiger partial charge in [0.15, 0.2) is 5.78 Å². The minimum Gasteiger partial charge on any atom is -0.497 e. The van der Waals surface area contributed by atoms with E-state index in [0.717, 1.165) is 22.3 Å². The lowest BCUT2D eigenvalue weighted by Gasteiger charge is -2.18. The topological polar surface area (TPSA) is 57.0 Å². The minimum atomic E-state index is -0.254. The first kappa shape index (κ1) is 17.0. The number of fused-ring (bicyclic) bond motifs is 1. The van der Waals surface area contributed by atoms with Gasteiger partial charge in [0.25, 0.3) is 0 Å². The van der Waals surface area contributed by atoms with E-state index >= 15 is 0 Å². The first-order chi connectivity index (χ1) is 13.3. The Bertz CT molecular complexity index is 1060. The number of ether oxygens (including phenoxy) is 1. The second-order valence-corrected chi connectivity index (χ2v) is 6.31. The molecule has 0 bridgehead atoms. The fourth-order valence-corrected chi connectivity index (χ4v) is 3.21. The zero-order chi connectivity index (χ0) is 18.6. The Morgan fingerprint density at radius 3 is 2.41 bits per heavy atom. The number of aromatic nitrogens is 3. The smallest absolute Gasteiger partial charge is 0.165 e. The van der Waals surface area contributed by atoms with Gasteiger partial charge in [0, 0.05) is 12.0 Å². The number of benzene rings is 3. The molecule has 1 atom stereocenters. The summed E-state index contributed by atoms with van der Waals surface area (Å²) >= 11 is 0. The van der Waals surface area contributed by atoms with Gasteiger partial charge in [0.2, 0.25) is 0 Å². The van der Waals surface area contributed by atoms with E-state index < -0.39 is 0 Å². The van der Waals surface area contributed by atoms with Gasteiger partial charge in [-0.2, -0.15) is 0 Å². The van der Waals surface area contributed by atoms with Crippen molar-refractivity contribution in [1.29, 1.82) is 0 Å². The van der Waals surface area contributed by atoms with Gasteiger partial charge in [-0.05, 0) is 29.8 Å². The minimum absolute atomic E-state index is 0.0657. The third-order valence-electron chi connectivity index (χ3n) is 4.65. The molecule has 5 nitrogen and oxygen atoms in total. The number of methoxy groups -OCH3 is 1. The summed E-state index contributed by atoms with van der Waals surface area (Å²) in [5.74, 6) is 0.839. The molecular weight excluding hydrogens is 338 g/mol. The third-order valence-corrected chi connectivity index (χ3v) is 4.65. The van der Waals surface area contributed by atoms with Crippen LogP contribution in [0.5, 0.6) is 5.75 Å². The molecule has 0 saturated heterocycles. The lowest BCUT2D eigenvalue weighted by molar-refractivity contribution is 0.0968. The molecule has 0 radical (unpaired) electrons. The van der Waals surface area contributed by atoms with Gasteiger partial charge in [0.1, 0.15) is 11.3 Å². The lowest BCUT2D eigenvalue weighted by Crippen LogP contribution is -2.17. The molecule has 0 aliphatic rings. The summed E-state index contributed by atoms with van der Waals surface area (Å²) in [5.41, 5.74) is 3.39. The highest BCUT2D eigenvalue weighted by atomic mass is 16.5. The number of para-hydroxylation sites is 1. The predicted octanol–water partition coefficient (Wildman–Crippen LogP) is 4.30. The molecule has 0 saturated carbocycles. The first-order valence-electron chi connectivity index (χ1n) is 8.78. The zero-order valence-electron chi connectivity index (χ0n) is 14.9. The van der Waals surface area contributed by atoms with E-state index in [2.05, 4.69) is 10.3 Å². The van der Waals surface area contributed by atoms with Gasteiger partial charge in [-0.3, -0.25) is 4.79 Å². The Labute approximate surface area is 157 Å². The fourth-order valence-electron chi connectivity index (χ4n) is 3.21. The van der Waals surface area contributed by atoms with Crippen LogP contribution in [0.3, 0.4) is 0 Å². The molecule has 5 heteroatoms. The summed E-state index contributed by atoms with van der Waals surface area (Å²) in [6.45, 7) is 0. The van der Waals surface area contributed by atoms with Crippen molar-refractivity contribution in [1.82, 2.24) is 15.0 Å². The predicted molar refractivity (Wildman–Crippen MR) is 104 cm³/mol. The van der Waals surface area contributed by atoms with E-state index in [4.69, 9.17) is 4.74 Å². The Hall–Kier alpha value is -3.47. The average Bonchev–Trinajstić information content (AvgIpc) is 3.16. The number of Topliss-reactive ketones (excluding diaryl/α,β-unsaturated/α-hetero) is 1. The molecule has 1 aromatic heterocycles. The highest BCUT2D eigenvalue weighted by Crippen LogP contribution is 2.28. The van der Waals surface area contributed by atoms with Crippen molar-refractivity contribution < 1.29 is 9.53 Å². The van der Waals surface area contributed by atoms with Gasteiger partial charge in [-0.15, -0.1) is 5.10 Å². The molecule has 27 heavy (non-hydrogen) atoms. The van der Waals surface area contributed by atoms with Crippen molar-refractivity contribution in [3.8, 4) is 5.75 Å². The molecule has 0 aliphatic heterocycles. The van der Waals surface area contributed by atoms with Gasteiger partial charge >= 0.3 is 0 Å².